The molecule has 2 aromatic rings. The minimum absolute atomic E-state index is 0.369. The number of para-hydroxylation sites is 1. The van der Waals surface area contributed by atoms with Crippen LogP contribution in [-0.4, -0.2) is 6.54 Å². The minimum Gasteiger partial charge on any atom is -0.484 e. The molecule has 0 spiro atoms. The predicted octanol–water partition coefficient (Wildman–Crippen LogP) is 3.01. The van der Waals surface area contributed by atoms with Crippen molar-refractivity contribution >= 4 is 11.6 Å². The SMILES string of the molecule is NCCc1ccc(COc2ccccc2Cl)o1. The van der Waals surface area contributed by atoms with E-state index in [1.54, 1.807) is 6.07 Å². The second kappa shape index (κ2) is 5.75. The number of hydrogen-bond donors (Lipinski definition) is 1. The third kappa shape index (κ3) is 3.25. The second-order valence-corrected chi connectivity index (χ2v) is 4.03. The molecule has 0 bridgehead atoms. The van der Waals surface area contributed by atoms with Crippen molar-refractivity contribution in [2.75, 3.05) is 6.54 Å². The van der Waals surface area contributed by atoms with Gasteiger partial charge in [0.25, 0.3) is 0 Å². The molecule has 1 heterocycles. The number of benzene rings is 1. The van der Waals surface area contributed by atoms with E-state index in [2.05, 4.69) is 0 Å². The lowest BCUT2D eigenvalue weighted by Crippen LogP contribution is -2.01. The Morgan fingerprint density at radius 1 is 1.12 bits per heavy atom. The van der Waals surface area contributed by atoms with Crippen LogP contribution in [0.1, 0.15) is 11.5 Å². The van der Waals surface area contributed by atoms with Crippen LogP contribution in [0.25, 0.3) is 0 Å². The number of halogens is 1. The van der Waals surface area contributed by atoms with E-state index in [9.17, 15) is 0 Å². The maximum Gasteiger partial charge on any atom is 0.146 e. The van der Waals surface area contributed by atoms with Gasteiger partial charge >= 0.3 is 0 Å². The van der Waals surface area contributed by atoms with E-state index in [4.69, 9.17) is 26.5 Å². The summed E-state index contributed by atoms with van der Waals surface area (Å²) in [7, 11) is 0. The van der Waals surface area contributed by atoms with Crippen molar-refractivity contribution in [1.82, 2.24) is 0 Å². The molecule has 0 aliphatic carbocycles. The maximum atomic E-state index is 5.97. The van der Waals surface area contributed by atoms with Gasteiger partial charge in [0.2, 0.25) is 0 Å². The molecule has 0 aliphatic rings. The van der Waals surface area contributed by atoms with E-state index < -0.39 is 0 Å². The molecule has 0 fully saturated rings. The van der Waals surface area contributed by atoms with Gasteiger partial charge in [-0.3, -0.25) is 0 Å². The van der Waals surface area contributed by atoms with Crippen molar-refractivity contribution in [3.8, 4) is 5.75 Å². The Morgan fingerprint density at radius 2 is 1.88 bits per heavy atom. The first-order valence-corrected chi connectivity index (χ1v) is 5.82. The van der Waals surface area contributed by atoms with Crippen LogP contribution in [0.3, 0.4) is 0 Å². The van der Waals surface area contributed by atoms with Gasteiger partial charge in [0.1, 0.15) is 23.9 Å². The summed E-state index contributed by atoms with van der Waals surface area (Å²) in [4.78, 5) is 0. The zero-order valence-corrected chi connectivity index (χ0v) is 10.1. The van der Waals surface area contributed by atoms with Gasteiger partial charge in [-0.1, -0.05) is 23.7 Å². The molecule has 0 atom stereocenters. The van der Waals surface area contributed by atoms with Crippen LogP contribution >= 0.6 is 11.6 Å². The first-order chi connectivity index (χ1) is 8.29. The zero-order valence-electron chi connectivity index (χ0n) is 9.36. The van der Waals surface area contributed by atoms with Crippen LogP contribution in [0.15, 0.2) is 40.8 Å². The Bertz CT molecular complexity index is 482. The van der Waals surface area contributed by atoms with E-state index >= 15 is 0 Å². The molecule has 2 N–H and O–H groups in total. The summed E-state index contributed by atoms with van der Waals surface area (Å²) < 4.78 is 11.1. The number of hydrogen-bond acceptors (Lipinski definition) is 3. The number of ether oxygens (including phenoxy) is 1. The molecule has 0 saturated carbocycles. The van der Waals surface area contributed by atoms with Crippen molar-refractivity contribution in [3.05, 3.63) is 52.9 Å². The Balaban J connectivity index is 1.95. The quantitative estimate of drug-likeness (QED) is 0.889. The molecule has 1 aromatic carbocycles. The smallest absolute Gasteiger partial charge is 0.146 e. The normalized spacial score (nSPS) is 10.5. The van der Waals surface area contributed by atoms with Gasteiger partial charge in [-0.05, 0) is 30.8 Å². The zero-order chi connectivity index (χ0) is 12.1. The molecule has 1 aromatic heterocycles. The van der Waals surface area contributed by atoms with Gasteiger partial charge in [0.05, 0.1) is 5.02 Å². The van der Waals surface area contributed by atoms with Gasteiger partial charge in [0, 0.05) is 6.42 Å². The van der Waals surface area contributed by atoms with E-state index in [1.165, 1.54) is 0 Å². The summed E-state index contributed by atoms with van der Waals surface area (Å²) in [5.74, 6) is 2.31. The van der Waals surface area contributed by atoms with Gasteiger partial charge in [-0.25, -0.2) is 0 Å². The second-order valence-electron chi connectivity index (χ2n) is 3.63. The molecule has 0 aliphatic heterocycles. The van der Waals surface area contributed by atoms with E-state index in [-0.39, 0.29) is 0 Å². The molecular weight excluding hydrogens is 238 g/mol. The number of rotatable bonds is 5. The first-order valence-electron chi connectivity index (χ1n) is 5.44. The van der Waals surface area contributed by atoms with Crippen molar-refractivity contribution < 1.29 is 9.15 Å². The lowest BCUT2D eigenvalue weighted by Gasteiger charge is -2.05. The summed E-state index contributed by atoms with van der Waals surface area (Å²) >= 11 is 5.97. The minimum atomic E-state index is 0.369. The van der Waals surface area contributed by atoms with Crippen LogP contribution in [0, 0.1) is 0 Å². The standard InChI is InChI=1S/C13H14ClNO2/c14-12-3-1-2-4-13(12)16-9-11-6-5-10(17-11)7-8-15/h1-6H,7-9,15H2. The third-order valence-corrected chi connectivity index (χ3v) is 2.63. The average molecular weight is 252 g/mol. The van der Waals surface area contributed by atoms with Crippen LogP contribution in [0.5, 0.6) is 5.75 Å². The molecule has 0 unspecified atom stereocenters. The lowest BCUT2D eigenvalue weighted by molar-refractivity contribution is 0.266. The van der Waals surface area contributed by atoms with Gasteiger partial charge in [-0.2, -0.15) is 0 Å². The Hall–Kier alpha value is -1.45. The largest absolute Gasteiger partial charge is 0.484 e. The van der Waals surface area contributed by atoms with Crippen LogP contribution in [0.4, 0.5) is 0 Å². The average Bonchev–Trinajstić information content (AvgIpc) is 2.76. The number of furan rings is 1. The van der Waals surface area contributed by atoms with E-state index in [1.807, 2.05) is 30.3 Å². The van der Waals surface area contributed by atoms with Crippen LogP contribution in [-0.2, 0) is 13.0 Å². The van der Waals surface area contributed by atoms with Gasteiger partial charge < -0.3 is 14.9 Å². The summed E-state index contributed by atoms with van der Waals surface area (Å²) in [6, 6.07) is 11.2. The van der Waals surface area contributed by atoms with Crippen molar-refractivity contribution in [2.24, 2.45) is 5.73 Å². The highest BCUT2D eigenvalue weighted by Crippen LogP contribution is 2.24. The lowest BCUT2D eigenvalue weighted by atomic mass is 10.3. The third-order valence-electron chi connectivity index (χ3n) is 2.31. The van der Waals surface area contributed by atoms with Crippen molar-refractivity contribution in [2.45, 2.75) is 13.0 Å². The fraction of sp³-hybridized carbons (Fsp3) is 0.231. The molecular formula is C13H14ClNO2. The summed E-state index contributed by atoms with van der Waals surface area (Å²) in [6.45, 7) is 0.951. The van der Waals surface area contributed by atoms with Crippen molar-refractivity contribution in [1.29, 1.82) is 0 Å². The topological polar surface area (TPSA) is 48.4 Å². The molecule has 90 valence electrons. The molecule has 0 amide bonds. The van der Waals surface area contributed by atoms with Gasteiger partial charge in [-0.15, -0.1) is 0 Å². The fourth-order valence-electron chi connectivity index (χ4n) is 1.49. The monoisotopic (exact) mass is 251 g/mol. The highest BCUT2D eigenvalue weighted by molar-refractivity contribution is 6.32. The molecule has 4 heteroatoms. The first kappa shape index (κ1) is 12.0. The van der Waals surface area contributed by atoms with E-state index in [0.717, 1.165) is 17.9 Å². The summed E-state index contributed by atoms with van der Waals surface area (Å²) in [6.07, 6.45) is 0.742. The summed E-state index contributed by atoms with van der Waals surface area (Å²) in [5, 5.41) is 0.598. The molecule has 0 saturated heterocycles. The predicted molar refractivity (Wildman–Crippen MR) is 67.3 cm³/mol. The highest BCUT2D eigenvalue weighted by atomic mass is 35.5. The maximum absolute atomic E-state index is 5.97. The number of nitrogens with two attached hydrogens (primary N) is 1. The van der Waals surface area contributed by atoms with Crippen LogP contribution in [0.2, 0.25) is 5.02 Å². The van der Waals surface area contributed by atoms with Crippen molar-refractivity contribution in [3.63, 3.8) is 0 Å². The molecule has 2 rings (SSSR count). The Morgan fingerprint density at radius 3 is 2.65 bits per heavy atom. The highest BCUT2D eigenvalue weighted by Gasteiger charge is 2.04. The molecule has 17 heavy (non-hydrogen) atoms. The molecule has 0 radical (unpaired) electrons. The van der Waals surface area contributed by atoms with Gasteiger partial charge in [0.15, 0.2) is 0 Å². The fourth-order valence-corrected chi connectivity index (χ4v) is 1.68. The Labute approximate surface area is 105 Å². The Kier molecular flexibility index (Phi) is 4.07. The van der Waals surface area contributed by atoms with Crippen LogP contribution < -0.4 is 10.5 Å². The molecule has 3 nitrogen and oxygen atoms in total. The van der Waals surface area contributed by atoms with E-state index in [0.29, 0.717) is 23.9 Å². The summed E-state index contributed by atoms with van der Waals surface area (Å²) in [5.41, 5.74) is 5.45.